The molecule has 7 nitrogen and oxygen atoms in total. The standard InChI is InChI=1S/C19H23N5O2/c25-19(17-13-20-5-6-22-17)24-7-1-2-18(24)15-3-4-21-16(12-15)14-23-8-10-26-11-9-23/h3-6,12-13,18H,1-2,7-11,14H2. The third-order valence-corrected chi connectivity index (χ3v) is 5.01. The number of morpholine rings is 1. The molecule has 0 aliphatic carbocycles. The van der Waals surface area contributed by atoms with Crippen molar-refractivity contribution in [2.75, 3.05) is 32.8 Å². The Hall–Kier alpha value is -2.38. The first-order valence-corrected chi connectivity index (χ1v) is 9.13. The van der Waals surface area contributed by atoms with Crippen LogP contribution in [0.2, 0.25) is 0 Å². The topological polar surface area (TPSA) is 71.5 Å². The molecule has 0 aromatic carbocycles. The van der Waals surface area contributed by atoms with Crippen LogP contribution in [0, 0.1) is 0 Å². The summed E-state index contributed by atoms with van der Waals surface area (Å²) in [5.74, 6) is -0.0489. The van der Waals surface area contributed by atoms with Gasteiger partial charge in [0.25, 0.3) is 5.91 Å². The molecule has 1 amide bonds. The number of rotatable bonds is 4. The van der Waals surface area contributed by atoms with Crippen LogP contribution in [0.5, 0.6) is 0 Å². The highest BCUT2D eigenvalue weighted by atomic mass is 16.5. The van der Waals surface area contributed by atoms with Crippen LogP contribution in [0.25, 0.3) is 0 Å². The summed E-state index contributed by atoms with van der Waals surface area (Å²) < 4.78 is 5.41. The fraction of sp³-hybridized carbons (Fsp3) is 0.474. The van der Waals surface area contributed by atoms with Gasteiger partial charge in [-0.3, -0.25) is 19.7 Å². The van der Waals surface area contributed by atoms with E-state index in [1.807, 2.05) is 17.2 Å². The molecule has 0 bridgehead atoms. The van der Waals surface area contributed by atoms with E-state index in [1.54, 1.807) is 12.4 Å². The Bertz CT molecular complexity index is 749. The Morgan fingerprint density at radius 2 is 2.04 bits per heavy atom. The van der Waals surface area contributed by atoms with Gasteiger partial charge in [0.15, 0.2) is 0 Å². The molecule has 2 saturated heterocycles. The Morgan fingerprint density at radius 3 is 2.85 bits per heavy atom. The third kappa shape index (κ3) is 3.73. The largest absolute Gasteiger partial charge is 0.379 e. The van der Waals surface area contributed by atoms with Gasteiger partial charge in [0.2, 0.25) is 0 Å². The molecule has 2 aliphatic heterocycles. The zero-order valence-corrected chi connectivity index (χ0v) is 14.8. The van der Waals surface area contributed by atoms with Gasteiger partial charge < -0.3 is 9.64 Å². The molecule has 4 rings (SSSR count). The monoisotopic (exact) mass is 353 g/mol. The Morgan fingerprint density at radius 1 is 1.15 bits per heavy atom. The normalized spacial score (nSPS) is 21.1. The van der Waals surface area contributed by atoms with Crippen LogP contribution in [-0.4, -0.2) is 63.5 Å². The molecule has 1 atom stereocenters. The van der Waals surface area contributed by atoms with Crippen LogP contribution >= 0.6 is 0 Å². The van der Waals surface area contributed by atoms with Crippen molar-refractivity contribution in [3.05, 3.63) is 53.9 Å². The summed E-state index contributed by atoms with van der Waals surface area (Å²) in [6.45, 7) is 5.01. The molecule has 0 spiro atoms. The van der Waals surface area contributed by atoms with Gasteiger partial charge in [-0.15, -0.1) is 0 Å². The van der Waals surface area contributed by atoms with E-state index in [0.29, 0.717) is 5.69 Å². The van der Waals surface area contributed by atoms with E-state index in [0.717, 1.165) is 63.5 Å². The maximum absolute atomic E-state index is 12.8. The average Bonchev–Trinajstić information content (AvgIpc) is 3.19. The van der Waals surface area contributed by atoms with Crippen molar-refractivity contribution in [3.8, 4) is 0 Å². The zero-order valence-electron chi connectivity index (χ0n) is 14.8. The number of pyridine rings is 1. The molecule has 136 valence electrons. The van der Waals surface area contributed by atoms with E-state index in [2.05, 4.69) is 25.9 Å². The molecule has 4 heterocycles. The first-order chi connectivity index (χ1) is 12.8. The molecule has 0 saturated carbocycles. The SMILES string of the molecule is O=C(c1cnccn1)N1CCCC1c1ccnc(CN2CCOCC2)c1. The molecule has 2 aromatic rings. The average molecular weight is 353 g/mol. The lowest BCUT2D eigenvalue weighted by Crippen LogP contribution is -2.36. The van der Waals surface area contributed by atoms with Gasteiger partial charge in [0.05, 0.1) is 31.1 Å². The Kier molecular flexibility index (Phi) is 5.17. The molecule has 0 radical (unpaired) electrons. The van der Waals surface area contributed by atoms with Gasteiger partial charge in [0, 0.05) is 44.8 Å². The van der Waals surface area contributed by atoms with Crippen LogP contribution in [-0.2, 0) is 11.3 Å². The highest BCUT2D eigenvalue weighted by molar-refractivity contribution is 5.92. The van der Waals surface area contributed by atoms with Crippen LogP contribution in [0.3, 0.4) is 0 Å². The lowest BCUT2D eigenvalue weighted by molar-refractivity contribution is 0.0336. The number of hydrogen-bond acceptors (Lipinski definition) is 6. The van der Waals surface area contributed by atoms with Gasteiger partial charge in [0.1, 0.15) is 5.69 Å². The fourth-order valence-corrected chi connectivity index (χ4v) is 3.69. The van der Waals surface area contributed by atoms with E-state index in [-0.39, 0.29) is 11.9 Å². The van der Waals surface area contributed by atoms with Crippen molar-refractivity contribution in [2.45, 2.75) is 25.4 Å². The summed E-state index contributed by atoms with van der Waals surface area (Å²) in [5, 5.41) is 0. The minimum atomic E-state index is -0.0489. The Labute approximate surface area is 153 Å². The van der Waals surface area contributed by atoms with E-state index in [9.17, 15) is 4.79 Å². The molecule has 7 heteroatoms. The maximum atomic E-state index is 12.8. The number of aromatic nitrogens is 3. The summed E-state index contributed by atoms with van der Waals surface area (Å²) in [6.07, 6.45) is 8.50. The second-order valence-corrected chi connectivity index (χ2v) is 6.72. The first-order valence-electron chi connectivity index (χ1n) is 9.13. The molecular formula is C19H23N5O2. The van der Waals surface area contributed by atoms with Gasteiger partial charge >= 0.3 is 0 Å². The molecule has 1 unspecified atom stereocenters. The number of ether oxygens (including phenoxy) is 1. The minimum Gasteiger partial charge on any atom is -0.379 e. The number of amides is 1. The predicted octanol–water partition coefficient (Wildman–Crippen LogP) is 1.68. The molecule has 0 N–H and O–H groups in total. The predicted molar refractivity (Wildman–Crippen MR) is 95.4 cm³/mol. The number of nitrogens with zero attached hydrogens (tertiary/aromatic N) is 5. The molecule has 26 heavy (non-hydrogen) atoms. The molecule has 2 aromatic heterocycles. The summed E-state index contributed by atoms with van der Waals surface area (Å²) in [7, 11) is 0. The number of carbonyl (C=O) groups is 1. The summed E-state index contributed by atoms with van der Waals surface area (Å²) in [4.78, 5) is 29.8. The van der Waals surface area contributed by atoms with Crippen LogP contribution in [0.15, 0.2) is 36.9 Å². The molecule has 2 fully saturated rings. The second-order valence-electron chi connectivity index (χ2n) is 6.72. The van der Waals surface area contributed by atoms with E-state index >= 15 is 0 Å². The van der Waals surface area contributed by atoms with Gasteiger partial charge in [-0.25, -0.2) is 4.98 Å². The highest BCUT2D eigenvalue weighted by Crippen LogP contribution is 2.33. The lowest BCUT2D eigenvalue weighted by Gasteiger charge is -2.27. The maximum Gasteiger partial charge on any atom is 0.274 e. The van der Waals surface area contributed by atoms with E-state index in [1.165, 1.54) is 6.20 Å². The van der Waals surface area contributed by atoms with Gasteiger partial charge in [-0.1, -0.05) is 0 Å². The first kappa shape index (κ1) is 17.1. The van der Waals surface area contributed by atoms with Crippen LogP contribution < -0.4 is 0 Å². The quantitative estimate of drug-likeness (QED) is 0.833. The van der Waals surface area contributed by atoms with E-state index in [4.69, 9.17) is 4.74 Å². The van der Waals surface area contributed by atoms with Gasteiger partial charge in [-0.05, 0) is 30.5 Å². The molecular weight excluding hydrogens is 330 g/mol. The third-order valence-electron chi connectivity index (χ3n) is 5.01. The summed E-state index contributed by atoms with van der Waals surface area (Å²) in [5.41, 5.74) is 2.60. The number of likely N-dealkylation sites (tertiary alicyclic amines) is 1. The number of hydrogen-bond donors (Lipinski definition) is 0. The lowest BCUT2D eigenvalue weighted by atomic mass is 10.0. The summed E-state index contributed by atoms with van der Waals surface area (Å²) >= 11 is 0. The Balaban J connectivity index is 1.50. The minimum absolute atomic E-state index is 0.0489. The highest BCUT2D eigenvalue weighted by Gasteiger charge is 2.31. The van der Waals surface area contributed by atoms with Crippen molar-refractivity contribution in [3.63, 3.8) is 0 Å². The summed E-state index contributed by atoms with van der Waals surface area (Å²) in [6, 6.07) is 4.24. The van der Waals surface area contributed by atoms with E-state index < -0.39 is 0 Å². The van der Waals surface area contributed by atoms with Crippen LogP contribution in [0.4, 0.5) is 0 Å². The fourth-order valence-electron chi connectivity index (χ4n) is 3.69. The smallest absolute Gasteiger partial charge is 0.274 e. The molecule has 2 aliphatic rings. The van der Waals surface area contributed by atoms with Crippen molar-refractivity contribution >= 4 is 5.91 Å². The van der Waals surface area contributed by atoms with Gasteiger partial charge in [-0.2, -0.15) is 0 Å². The second kappa shape index (κ2) is 7.88. The van der Waals surface area contributed by atoms with Crippen molar-refractivity contribution in [1.82, 2.24) is 24.8 Å². The van der Waals surface area contributed by atoms with Crippen LogP contribution in [0.1, 0.15) is 40.6 Å². The zero-order chi connectivity index (χ0) is 17.8. The number of carbonyl (C=O) groups excluding carboxylic acids is 1. The van der Waals surface area contributed by atoms with Crippen molar-refractivity contribution in [1.29, 1.82) is 0 Å². The van der Waals surface area contributed by atoms with Crippen molar-refractivity contribution < 1.29 is 9.53 Å². The van der Waals surface area contributed by atoms with Crippen molar-refractivity contribution in [2.24, 2.45) is 0 Å².